The molecule has 1 unspecified atom stereocenters. The van der Waals surface area contributed by atoms with E-state index in [1.54, 1.807) is 0 Å². The Hall–Kier alpha value is -2.85. The minimum atomic E-state index is 0.467. The van der Waals surface area contributed by atoms with Gasteiger partial charge in [0.05, 0.1) is 11.2 Å². The first kappa shape index (κ1) is 20.9. The van der Waals surface area contributed by atoms with Crippen molar-refractivity contribution in [3.8, 4) is 5.75 Å². The van der Waals surface area contributed by atoms with Crippen LogP contribution in [0.5, 0.6) is 5.75 Å². The van der Waals surface area contributed by atoms with Crippen molar-refractivity contribution in [2.75, 3.05) is 0 Å². The number of pyridine rings is 1. The standard InChI is InChI=1S/C25H31N3O/c1-3-7-20(13-12-19(2)28-26)16-21-8-6-10-24(17-21)29-18-23-15-14-22-9-4-5-11-25(22)27-23/h4-6,8-11,14-15,17,20,28H,2-3,7,12-13,16,18,26H2,1H3. The lowest BCUT2D eigenvalue weighted by atomic mass is 9.90. The van der Waals surface area contributed by atoms with Gasteiger partial charge in [-0.25, -0.2) is 4.98 Å². The zero-order valence-corrected chi connectivity index (χ0v) is 17.2. The molecule has 0 saturated heterocycles. The van der Waals surface area contributed by atoms with Crippen LogP contribution in [-0.4, -0.2) is 4.98 Å². The van der Waals surface area contributed by atoms with Crippen LogP contribution in [0.15, 0.2) is 72.9 Å². The maximum Gasteiger partial charge on any atom is 0.130 e. The van der Waals surface area contributed by atoms with Gasteiger partial charge < -0.3 is 10.2 Å². The third-order valence-electron chi connectivity index (χ3n) is 5.22. The van der Waals surface area contributed by atoms with E-state index in [1.807, 2.05) is 30.3 Å². The molecule has 0 radical (unpaired) electrons. The van der Waals surface area contributed by atoms with Gasteiger partial charge in [-0.3, -0.25) is 5.84 Å². The molecule has 4 nitrogen and oxygen atoms in total. The van der Waals surface area contributed by atoms with Gasteiger partial charge in [0.2, 0.25) is 0 Å². The highest BCUT2D eigenvalue weighted by atomic mass is 16.5. The summed E-state index contributed by atoms with van der Waals surface area (Å²) < 4.78 is 6.04. The monoisotopic (exact) mass is 389 g/mol. The molecule has 4 heteroatoms. The van der Waals surface area contributed by atoms with E-state index < -0.39 is 0 Å². The van der Waals surface area contributed by atoms with Crippen LogP contribution in [0.2, 0.25) is 0 Å². The Morgan fingerprint density at radius 1 is 1.10 bits per heavy atom. The second-order valence-corrected chi connectivity index (χ2v) is 7.58. The predicted octanol–water partition coefficient (Wildman–Crippen LogP) is 5.53. The molecule has 152 valence electrons. The lowest BCUT2D eigenvalue weighted by Crippen LogP contribution is -2.20. The molecule has 2 aromatic carbocycles. The molecule has 0 aliphatic heterocycles. The van der Waals surface area contributed by atoms with Gasteiger partial charge in [0.25, 0.3) is 0 Å². The summed E-state index contributed by atoms with van der Waals surface area (Å²) in [5.41, 5.74) is 6.79. The molecule has 3 rings (SSSR count). The number of benzene rings is 2. The number of allylic oxidation sites excluding steroid dienone is 1. The van der Waals surface area contributed by atoms with Gasteiger partial charge in [-0.2, -0.15) is 0 Å². The predicted molar refractivity (Wildman–Crippen MR) is 120 cm³/mol. The first-order chi connectivity index (χ1) is 14.2. The molecule has 29 heavy (non-hydrogen) atoms. The summed E-state index contributed by atoms with van der Waals surface area (Å²) in [5, 5.41) is 1.15. The third-order valence-corrected chi connectivity index (χ3v) is 5.22. The van der Waals surface area contributed by atoms with Gasteiger partial charge in [0.1, 0.15) is 12.4 Å². The highest BCUT2D eigenvalue weighted by Crippen LogP contribution is 2.23. The average Bonchev–Trinajstić information content (AvgIpc) is 2.76. The Morgan fingerprint density at radius 2 is 1.97 bits per heavy atom. The van der Waals surface area contributed by atoms with Crippen molar-refractivity contribution in [3.05, 3.63) is 84.2 Å². The van der Waals surface area contributed by atoms with E-state index in [4.69, 9.17) is 10.6 Å². The molecule has 0 spiro atoms. The highest BCUT2D eigenvalue weighted by Gasteiger charge is 2.10. The van der Waals surface area contributed by atoms with E-state index in [0.29, 0.717) is 12.5 Å². The Labute approximate surface area is 173 Å². The molecule has 0 bridgehead atoms. The normalized spacial score (nSPS) is 11.9. The van der Waals surface area contributed by atoms with Crippen LogP contribution in [0.3, 0.4) is 0 Å². The van der Waals surface area contributed by atoms with Crippen molar-refractivity contribution in [3.63, 3.8) is 0 Å². The quantitative estimate of drug-likeness (QED) is 0.334. The first-order valence-corrected chi connectivity index (χ1v) is 10.4. The van der Waals surface area contributed by atoms with Gasteiger partial charge in [-0.05, 0) is 55.0 Å². The number of hydrogen-bond donors (Lipinski definition) is 2. The van der Waals surface area contributed by atoms with Crippen molar-refractivity contribution in [2.45, 2.75) is 45.6 Å². The summed E-state index contributed by atoms with van der Waals surface area (Å²) in [4.78, 5) is 4.68. The molecule has 3 N–H and O–H groups in total. The fourth-order valence-electron chi connectivity index (χ4n) is 3.65. The van der Waals surface area contributed by atoms with E-state index in [2.05, 4.69) is 54.2 Å². The van der Waals surface area contributed by atoms with Crippen molar-refractivity contribution in [1.82, 2.24) is 10.4 Å². The van der Waals surface area contributed by atoms with E-state index >= 15 is 0 Å². The summed E-state index contributed by atoms with van der Waals surface area (Å²) in [5.74, 6) is 6.95. The maximum atomic E-state index is 6.04. The average molecular weight is 390 g/mol. The Kier molecular flexibility index (Phi) is 7.65. The van der Waals surface area contributed by atoms with Crippen LogP contribution in [0.25, 0.3) is 10.9 Å². The van der Waals surface area contributed by atoms with Gasteiger partial charge in [-0.1, -0.05) is 62.7 Å². The smallest absolute Gasteiger partial charge is 0.130 e. The molecular formula is C25H31N3O. The lowest BCUT2D eigenvalue weighted by molar-refractivity contribution is 0.301. The Bertz CT molecular complexity index is 938. The molecule has 3 aromatic rings. The SMILES string of the molecule is C=C(CCC(CCC)Cc1cccc(OCc2ccc3ccccc3n2)c1)NN. The van der Waals surface area contributed by atoms with Crippen LogP contribution in [0.1, 0.15) is 43.9 Å². The fraction of sp³-hybridized carbons (Fsp3) is 0.320. The van der Waals surface area contributed by atoms with Crippen LogP contribution in [0.4, 0.5) is 0 Å². The van der Waals surface area contributed by atoms with E-state index in [1.165, 1.54) is 18.4 Å². The molecule has 0 amide bonds. The Balaban J connectivity index is 1.60. The van der Waals surface area contributed by atoms with Crippen molar-refractivity contribution in [1.29, 1.82) is 0 Å². The summed E-state index contributed by atoms with van der Waals surface area (Å²) in [6.07, 6.45) is 5.41. The van der Waals surface area contributed by atoms with Crippen LogP contribution in [0, 0.1) is 5.92 Å². The van der Waals surface area contributed by atoms with E-state index in [9.17, 15) is 0 Å². The van der Waals surface area contributed by atoms with Crippen LogP contribution < -0.4 is 16.0 Å². The molecule has 0 aliphatic rings. The van der Waals surface area contributed by atoms with Crippen molar-refractivity contribution < 1.29 is 4.74 Å². The minimum absolute atomic E-state index is 0.467. The number of nitrogens with zero attached hydrogens (tertiary/aromatic N) is 1. The van der Waals surface area contributed by atoms with Gasteiger partial charge in [0.15, 0.2) is 0 Å². The fourth-order valence-corrected chi connectivity index (χ4v) is 3.65. The summed E-state index contributed by atoms with van der Waals surface area (Å²) >= 11 is 0. The molecular weight excluding hydrogens is 358 g/mol. The zero-order valence-electron chi connectivity index (χ0n) is 17.2. The van der Waals surface area contributed by atoms with Gasteiger partial charge in [-0.15, -0.1) is 0 Å². The molecule has 0 saturated carbocycles. The molecule has 1 atom stereocenters. The van der Waals surface area contributed by atoms with Gasteiger partial charge in [0, 0.05) is 11.1 Å². The number of aromatic nitrogens is 1. The second-order valence-electron chi connectivity index (χ2n) is 7.58. The summed E-state index contributed by atoms with van der Waals surface area (Å²) in [6, 6.07) is 20.7. The van der Waals surface area contributed by atoms with Crippen molar-refractivity contribution >= 4 is 10.9 Å². The summed E-state index contributed by atoms with van der Waals surface area (Å²) in [7, 11) is 0. The second kappa shape index (κ2) is 10.6. The third kappa shape index (κ3) is 6.33. The minimum Gasteiger partial charge on any atom is -0.487 e. The first-order valence-electron chi connectivity index (χ1n) is 10.4. The van der Waals surface area contributed by atoms with Gasteiger partial charge >= 0.3 is 0 Å². The Morgan fingerprint density at radius 3 is 2.79 bits per heavy atom. The van der Waals surface area contributed by atoms with Crippen LogP contribution in [-0.2, 0) is 13.0 Å². The number of ether oxygens (including phenoxy) is 1. The van der Waals surface area contributed by atoms with Crippen molar-refractivity contribution in [2.24, 2.45) is 11.8 Å². The van der Waals surface area contributed by atoms with Crippen LogP contribution >= 0.6 is 0 Å². The summed E-state index contributed by atoms with van der Waals surface area (Å²) in [6.45, 7) is 6.64. The molecule has 1 heterocycles. The van der Waals surface area contributed by atoms with E-state index in [-0.39, 0.29) is 0 Å². The number of hydrogen-bond acceptors (Lipinski definition) is 4. The lowest BCUT2D eigenvalue weighted by Gasteiger charge is -2.17. The number of nitrogens with one attached hydrogen (secondary N) is 1. The number of hydrazine groups is 1. The molecule has 0 fully saturated rings. The number of rotatable bonds is 11. The molecule has 0 aliphatic carbocycles. The largest absolute Gasteiger partial charge is 0.487 e. The zero-order chi connectivity index (χ0) is 20.5. The molecule has 1 aromatic heterocycles. The number of para-hydroxylation sites is 1. The van der Waals surface area contributed by atoms with E-state index in [0.717, 1.165) is 47.3 Å². The maximum absolute atomic E-state index is 6.04. The number of nitrogens with two attached hydrogens (primary N) is 1. The highest BCUT2D eigenvalue weighted by molar-refractivity contribution is 5.78. The topological polar surface area (TPSA) is 60.2 Å². The number of fused-ring (bicyclic) bond motifs is 1.